The number of hydrogen-bond acceptors (Lipinski definition) is 5. The van der Waals surface area contributed by atoms with Crippen molar-refractivity contribution in [2.24, 2.45) is 0 Å². The summed E-state index contributed by atoms with van der Waals surface area (Å²) < 4.78 is 32.3. The van der Waals surface area contributed by atoms with E-state index in [1.807, 2.05) is 31.2 Å². The molecule has 0 aliphatic carbocycles. The lowest BCUT2D eigenvalue weighted by Gasteiger charge is -2.20. The van der Waals surface area contributed by atoms with Crippen molar-refractivity contribution in [2.45, 2.75) is 44.7 Å². The van der Waals surface area contributed by atoms with Crippen molar-refractivity contribution < 1.29 is 22.7 Å². The second-order valence-corrected chi connectivity index (χ2v) is 9.35. The average Bonchev–Trinajstić information content (AvgIpc) is 2.63. The van der Waals surface area contributed by atoms with E-state index in [-0.39, 0.29) is 10.5 Å². The maximum absolute atomic E-state index is 12.4. The van der Waals surface area contributed by atoms with Crippen molar-refractivity contribution >= 4 is 21.9 Å². The number of esters is 1. The molecule has 0 atom stereocenters. The minimum absolute atomic E-state index is 0.0495. The third-order valence-corrected chi connectivity index (χ3v) is 5.65. The van der Waals surface area contributed by atoms with Crippen LogP contribution in [0.15, 0.2) is 53.4 Å². The molecule has 0 aromatic heterocycles. The van der Waals surface area contributed by atoms with Crippen molar-refractivity contribution in [1.29, 1.82) is 0 Å². The summed E-state index contributed by atoms with van der Waals surface area (Å²) in [6.45, 7) is 6.98. The third-order valence-electron chi connectivity index (χ3n) is 3.89. The molecule has 0 aliphatic rings. The van der Waals surface area contributed by atoms with Gasteiger partial charge in [-0.3, -0.25) is 4.79 Å². The third kappa shape index (κ3) is 6.99. The summed E-state index contributed by atoms with van der Waals surface area (Å²) in [6.07, 6.45) is 0. The molecule has 0 radical (unpaired) electrons. The first kappa shape index (κ1) is 22.6. The van der Waals surface area contributed by atoms with Crippen molar-refractivity contribution in [3.8, 4) is 0 Å². The van der Waals surface area contributed by atoms with Crippen LogP contribution in [0.4, 0.5) is 0 Å². The number of ether oxygens (including phenoxy) is 1. The molecule has 0 spiro atoms. The van der Waals surface area contributed by atoms with Gasteiger partial charge in [-0.15, -0.1) is 0 Å². The van der Waals surface area contributed by atoms with Crippen molar-refractivity contribution in [3.63, 3.8) is 0 Å². The van der Waals surface area contributed by atoms with Gasteiger partial charge in [0.2, 0.25) is 10.0 Å². The van der Waals surface area contributed by atoms with Crippen molar-refractivity contribution in [2.75, 3.05) is 6.61 Å². The van der Waals surface area contributed by atoms with Gasteiger partial charge in [0.15, 0.2) is 6.61 Å². The minimum atomic E-state index is -3.79. The first-order chi connectivity index (χ1) is 13.5. The Bertz CT molecular complexity index is 994. The highest BCUT2D eigenvalue weighted by Crippen LogP contribution is 2.15. The van der Waals surface area contributed by atoms with Crippen LogP contribution in [-0.4, -0.2) is 32.4 Å². The summed E-state index contributed by atoms with van der Waals surface area (Å²) in [6, 6.07) is 13.1. The normalized spacial score (nSPS) is 11.7. The first-order valence-corrected chi connectivity index (χ1v) is 10.6. The minimum Gasteiger partial charge on any atom is -0.452 e. The van der Waals surface area contributed by atoms with E-state index < -0.39 is 34.0 Å². The van der Waals surface area contributed by atoms with Crippen LogP contribution in [-0.2, 0) is 26.1 Å². The summed E-state index contributed by atoms with van der Waals surface area (Å²) in [5, 5.41) is 2.69. The Hall–Kier alpha value is -2.71. The van der Waals surface area contributed by atoms with Crippen LogP contribution in [0.25, 0.3) is 0 Å². The number of carbonyl (C=O) groups is 2. The highest BCUT2D eigenvalue weighted by atomic mass is 32.2. The topological polar surface area (TPSA) is 102 Å². The van der Waals surface area contributed by atoms with E-state index in [4.69, 9.17) is 4.74 Å². The molecular formula is C21H26N2O5S. The van der Waals surface area contributed by atoms with Gasteiger partial charge in [0, 0.05) is 12.1 Å². The highest BCUT2D eigenvalue weighted by molar-refractivity contribution is 7.89. The molecule has 0 heterocycles. The van der Waals surface area contributed by atoms with Crippen LogP contribution in [0.1, 0.15) is 42.3 Å². The highest BCUT2D eigenvalue weighted by Gasteiger charge is 2.23. The molecule has 2 rings (SSSR count). The Morgan fingerprint density at radius 2 is 1.72 bits per heavy atom. The van der Waals surface area contributed by atoms with Gasteiger partial charge in [-0.05, 0) is 57.0 Å². The Balaban J connectivity index is 1.95. The Morgan fingerprint density at radius 1 is 1.03 bits per heavy atom. The summed E-state index contributed by atoms with van der Waals surface area (Å²) in [5.74, 6) is -1.22. The van der Waals surface area contributed by atoms with Gasteiger partial charge < -0.3 is 10.1 Å². The smallest absolute Gasteiger partial charge is 0.338 e. The molecule has 29 heavy (non-hydrogen) atoms. The maximum atomic E-state index is 12.4. The molecule has 2 aromatic carbocycles. The number of aryl methyl sites for hydroxylation is 1. The van der Waals surface area contributed by atoms with E-state index in [1.165, 1.54) is 24.3 Å². The molecule has 1 amide bonds. The lowest BCUT2D eigenvalue weighted by molar-refractivity contribution is -0.124. The zero-order valence-electron chi connectivity index (χ0n) is 17.0. The monoisotopic (exact) mass is 418 g/mol. The van der Waals surface area contributed by atoms with Crippen LogP contribution < -0.4 is 10.0 Å². The van der Waals surface area contributed by atoms with Gasteiger partial charge >= 0.3 is 5.97 Å². The van der Waals surface area contributed by atoms with Crippen molar-refractivity contribution in [1.82, 2.24) is 10.0 Å². The molecule has 7 nitrogen and oxygen atoms in total. The number of amides is 1. The zero-order chi connectivity index (χ0) is 21.7. The lowest BCUT2D eigenvalue weighted by atomic mass is 10.1. The van der Waals surface area contributed by atoms with Gasteiger partial charge in [0.25, 0.3) is 5.91 Å². The summed E-state index contributed by atoms with van der Waals surface area (Å²) >= 11 is 0. The Kier molecular flexibility index (Phi) is 7.16. The predicted octanol–water partition coefficient (Wildman–Crippen LogP) is 2.55. The fraction of sp³-hybridized carbons (Fsp3) is 0.333. The quantitative estimate of drug-likeness (QED) is 0.673. The van der Waals surface area contributed by atoms with Gasteiger partial charge in [-0.2, -0.15) is 0 Å². The number of benzene rings is 2. The fourth-order valence-electron chi connectivity index (χ4n) is 2.52. The largest absolute Gasteiger partial charge is 0.452 e. The van der Waals surface area contributed by atoms with E-state index in [0.29, 0.717) is 6.54 Å². The molecule has 2 N–H and O–H groups in total. The van der Waals surface area contributed by atoms with Gasteiger partial charge in [-0.1, -0.05) is 30.3 Å². The van der Waals surface area contributed by atoms with E-state index in [1.54, 1.807) is 20.8 Å². The molecule has 0 saturated carbocycles. The maximum Gasteiger partial charge on any atom is 0.338 e. The van der Waals surface area contributed by atoms with E-state index in [0.717, 1.165) is 11.1 Å². The number of hydrogen-bond donors (Lipinski definition) is 2. The summed E-state index contributed by atoms with van der Waals surface area (Å²) in [7, 11) is -3.79. The van der Waals surface area contributed by atoms with Crippen LogP contribution in [0.3, 0.4) is 0 Å². The van der Waals surface area contributed by atoms with Crippen LogP contribution >= 0.6 is 0 Å². The number of nitrogens with one attached hydrogen (secondary N) is 2. The van der Waals surface area contributed by atoms with Gasteiger partial charge in [0.05, 0.1) is 10.5 Å². The van der Waals surface area contributed by atoms with Gasteiger partial charge in [-0.25, -0.2) is 17.9 Å². The molecule has 8 heteroatoms. The SMILES string of the molecule is Cc1ccccc1CNC(=O)COC(=O)c1cccc(S(=O)(=O)NC(C)(C)C)c1. The van der Waals surface area contributed by atoms with E-state index >= 15 is 0 Å². The molecule has 0 aliphatic heterocycles. The van der Waals surface area contributed by atoms with E-state index in [2.05, 4.69) is 10.0 Å². The number of rotatable bonds is 7. The molecule has 156 valence electrons. The molecule has 2 aromatic rings. The fourth-order valence-corrected chi connectivity index (χ4v) is 3.98. The number of carbonyl (C=O) groups excluding carboxylic acids is 2. The zero-order valence-corrected chi connectivity index (χ0v) is 17.8. The van der Waals surface area contributed by atoms with Crippen LogP contribution in [0, 0.1) is 6.92 Å². The predicted molar refractivity (Wildman–Crippen MR) is 110 cm³/mol. The van der Waals surface area contributed by atoms with E-state index in [9.17, 15) is 18.0 Å². The average molecular weight is 419 g/mol. The Morgan fingerprint density at radius 3 is 2.38 bits per heavy atom. The summed E-state index contributed by atoms with van der Waals surface area (Å²) in [4.78, 5) is 24.1. The first-order valence-electron chi connectivity index (χ1n) is 9.10. The van der Waals surface area contributed by atoms with Crippen LogP contribution in [0.5, 0.6) is 0 Å². The second kappa shape index (κ2) is 9.19. The molecule has 0 bridgehead atoms. The number of sulfonamides is 1. The standard InChI is InChI=1S/C21H26N2O5S/c1-15-8-5-6-9-17(15)13-22-19(24)14-28-20(25)16-10-7-11-18(12-16)29(26,27)23-21(2,3)4/h5-12,23H,13-14H2,1-4H3,(H,22,24). The van der Waals surface area contributed by atoms with Crippen molar-refractivity contribution in [3.05, 3.63) is 65.2 Å². The molecular weight excluding hydrogens is 392 g/mol. The lowest BCUT2D eigenvalue weighted by Crippen LogP contribution is -2.40. The van der Waals surface area contributed by atoms with Gasteiger partial charge in [0.1, 0.15) is 0 Å². The molecule has 0 unspecified atom stereocenters. The Labute approximate surface area is 171 Å². The van der Waals surface area contributed by atoms with Crippen LogP contribution in [0.2, 0.25) is 0 Å². The molecule has 0 fully saturated rings. The summed E-state index contributed by atoms with van der Waals surface area (Å²) in [5.41, 5.74) is 1.40. The second-order valence-electron chi connectivity index (χ2n) is 7.66. The molecule has 0 saturated heterocycles.